The third-order valence-corrected chi connectivity index (χ3v) is 5.30. The van der Waals surface area contributed by atoms with Gasteiger partial charge in [-0.05, 0) is 35.2 Å². The first-order valence-electron chi connectivity index (χ1n) is 8.05. The van der Waals surface area contributed by atoms with Gasteiger partial charge in [-0.1, -0.05) is 36.0 Å². The Morgan fingerprint density at radius 2 is 1.76 bits per heavy atom. The van der Waals surface area contributed by atoms with Crippen LogP contribution in [0, 0.1) is 0 Å². The van der Waals surface area contributed by atoms with Crippen molar-refractivity contribution < 1.29 is 0 Å². The quantitative estimate of drug-likeness (QED) is 0.780. The molecule has 124 valence electrons. The molecule has 2 N–H and O–H groups in total. The molecule has 0 saturated carbocycles. The lowest BCUT2D eigenvalue weighted by Crippen LogP contribution is -2.18. The van der Waals surface area contributed by atoms with Gasteiger partial charge in [-0.25, -0.2) is 9.97 Å². The van der Waals surface area contributed by atoms with Crippen LogP contribution in [-0.4, -0.2) is 20.1 Å². The number of thioether (sulfide) groups is 1. The van der Waals surface area contributed by atoms with Crippen LogP contribution in [0.3, 0.4) is 0 Å². The fraction of sp³-hybridized carbons (Fsp3) is 0.158. The van der Waals surface area contributed by atoms with Crippen LogP contribution in [0.2, 0.25) is 0 Å². The first kappa shape index (κ1) is 15.8. The average molecular weight is 347 g/mol. The van der Waals surface area contributed by atoms with E-state index in [4.69, 9.17) is 5.73 Å². The molecule has 0 amide bonds. The first-order chi connectivity index (χ1) is 12.3. The van der Waals surface area contributed by atoms with Crippen molar-refractivity contribution in [3.63, 3.8) is 0 Å². The standard InChI is InChI=1S/C19H17N5S/c20-19-24-17(8-18(25-19)15-5-2-6-21-9-15)14-4-1-3-13(7-14)16-10-22-12-23-11-16/h1-7,9-12,17-18H,8H2,(H2,20,24). The van der Waals surface area contributed by atoms with E-state index < -0.39 is 0 Å². The summed E-state index contributed by atoms with van der Waals surface area (Å²) in [7, 11) is 0. The minimum atomic E-state index is 0.0380. The second kappa shape index (κ2) is 7.03. The first-order valence-corrected chi connectivity index (χ1v) is 8.93. The molecule has 5 nitrogen and oxygen atoms in total. The van der Waals surface area contributed by atoms with Gasteiger partial charge in [-0.2, -0.15) is 0 Å². The summed E-state index contributed by atoms with van der Waals surface area (Å²) in [5, 5.41) is 0.887. The molecule has 0 spiro atoms. The molecule has 2 unspecified atom stereocenters. The minimum Gasteiger partial charge on any atom is -0.379 e. The Labute approximate surface area is 150 Å². The second-order valence-corrected chi connectivity index (χ2v) is 7.09. The van der Waals surface area contributed by atoms with E-state index >= 15 is 0 Å². The summed E-state index contributed by atoms with van der Waals surface area (Å²) >= 11 is 1.61. The largest absolute Gasteiger partial charge is 0.379 e. The summed E-state index contributed by atoms with van der Waals surface area (Å²) in [5.74, 6) is 0. The van der Waals surface area contributed by atoms with Gasteiger partial charge in [0.1, 0.15) is 6.33 Å². The topological polar surface area (TPSA) is 77.0 Å². The Morgan fingerprint density at radius 1 is 0.920 bits per heavy atom. The summed E-state index contributed by atoms with van der Waals surface area (Å²) in [5.41, 5.74) is 10.5. The Balaban J connectivity index is 1.64. The number of amidine groups is 1. The summed E-state index contributed by atoms with van der Waals surface area (Å²) in [6.45, 7) is 0. The molecule has 0 saturated heterocycles. The van der Waals surface area contributed by atoms with Gasteiger partial charge in [0.15, 0.2) is 5.17 Å². The molecule has 1 aliphatic rings. The molecule has 0 bridgehead atoms. The van der Waals surface area contributed by atoms with Crippen molar-refractivity contribution in [1.82, 2.24) is 15.0 Å². The van der Waals surface area contributed by atoms with E-state index in [1.165, 1.54) is 11.9 Å². The number of pyridine rings is 1. The molecular weight excluding hydrogens is 330 g/mol. The summed E-state index contributed by atoms with van der Waals surface area (Å²) < 4.78 is 0. The maximum Gasteiger partial charge on any atom is 0.155 e. The van der Waals surface area contributed by atoms with Gasteiger partial charge in [0.05, 0.1) is 6.04 Å². The van der Waals surface area contributed by atoms with Gasteiger partial charge in [0.2, 0.25) is 0 Å². The molecule has 0 fully saturated rings. The lowest BCUT2D eigenvalue weighted by atomic mass is 9.96. The van der Waals surface area contributed by atoms with E-state index in [9.17, 15) is 0 Å². The lowest BCUT2D eigenvalue weighted by Gasteiger charge is -2.26. The van der Waals surface area contributed by atoms with Crippen molar-refractivity contribution in [2.45, 2.75) is 17.7 Å². The second-order valence-electron chi connectivity index (χ2n) is 5.86. The van der Waals surface area contributed by atoms with Crippen LogP contribution >= 0.6 is 11.8 Å². The predicted octanol–water partition coefficient (Wildman–Crippen LogP) is 3.77. The number of nitrogens with two attached hydrogens (primary N) is 1. The molecule has 2 aromatic heterocycles. The number of aromatic nitrogens is 3. The van der Waals surface area contributed by atoms with E-state index in [2.05, 4.69) is 44.2 Å². The van der Waals surface area contributed by atoms with E-state index in [-0.39, 0.29) is 11.3 Å². The SMILES string of the molecule is NC1=NC(c2cccc(-c3cncnc3)c2)CC(c2cccnc2)S1. The molecular formula is C19H17N5S. The highest BCUT2D eigenvalue weighted by Crippen LogP contribution is 2.42. The van der Waals surface area contributed by atoms with Crippen molar-refractivity contribution in [3.8, 4) is 11.1 Å². The fourth-order valence-corrected chi connectivity index (χ4v) is 4.02. The number of hydrogen-bond acceptors (Lipinski definition) is 6. The highest BCUT2D eigenvalue weighted by molar-refractivity contribution is 8.14. The van der Waals surface area contributed by atoms with E-state index in [1.807, 2.05) is 30.7 Å². The Morgan fingerprint density at radius 3 is 2.56 bits per heavy atom. The Bertz CT molecular complexity index is 883. The van der Waals surface area contributed by atoms with Crippen LogP contribution < -0.4 is 5.73 Å². The summed E-state index contributed by atoms with van der Waals surface area (Å²) in [6.07, 6.45) is 9.77. The van der Waals surface area contributed by atoms with E-state index in [0.29, 0.717) is 5.17 Å². The van der Waals surface area contributed by atoms with Gasteiger partial charge < -0.3 is 5.73 Å². The van der Waals surface area contributed by atoms with Crippen LogP contribution in [-0.2, 0) is 0 Å². The molecule has 3 aromatic rings. The molecule has 1 aromatic carbocycles. The molecule has 6 heteroatoms. The third-order valence-electron chi connectivity index (χ3n) is 4.20. The number of aliphatic imine (C=N–C) groups is 1. The van der Waals surface area contributed by atoms with Gasteiger partial charge >= 0.3 is 0 Å². The van der Waals surface area contributed by atoms with Crippen molar-refractivity contribution in [3.05, 3.63) is 78.6 Å². The van der Waals surface area contributed by atoms with Gasteiger partial charge in [-0.15, -0.1) is 0 Å². The smallest absolute Gasteiger partial charge is 0.155 e. The zero-order valence-corrected chi connectivity index (χ0v) is 14.3. The van der Waals surface area contributed by atoms with Gasteiger partial charge in [0.25, 0.3) is 0 Å². The lowest BCUT2D eigenvalue weighted by molar-refractivity contribution is 0.638. The molecule has 1 aliphatic heterocycles. The highest BCUT2D eigenvalue weighted by atomic mass is 32.2. The van der Waals surface area contributed by atoms with Crippen molar-refractivity contribution in [2.24, 2.45) is 10.7 Å². The number of rotatable bonds is 3. The van der Waals surface area contributed by atoms with E-state index in [1.54, 1.807) is 18.0 Å². The molecule has 4 rings (SSSR count). The zero-order chi connectivity index (χ0) is 17.1. The molecule has 0 radical (unpaired) electrons. The average Bonchev–Trinajstić information content (AvgIpc) is 2.69. The maximum absolute atomic E-state index is 6.11. The van der Waals surface area contributed by atoms with Crippen LogP contribution in [0.4, 0.5) is 0 Å². The van der Waals surface area contributed by atoms with Crippen LogP contribution in [0.5, 0.6) is 0 Å². The third kappa shape index (κ3) is 3.53. The normalized spacial score (nSPS) is 20.1. The van der Waals surface area contributed by atoms with Crippen LogP contribution in [0.15, 0.2) is 72.5 Å². The monoisotopic (exact) mass is 347 g/mol. The van der Waals surface area contributed by atoms with Crippen molar-refractivity contribution >= 4 is 16.9 Å². The molecule has 2 atom stereocenters. The van der Waals surface area contributed by atoms with Crippen molar-refractivity contribution in [1.29, 1.82) is 0 Å². The number of benzene rings is 1. The Hall–Kier alpha value is -2.73. The zero-order valence-electron chi connectivity index (χ0n) is 13.5. The Kier molecular flexibility index (Phi) is 4.43. The summed E-state index contributed by atoms with van der Waals surface area (Å²) in [6, 6.07) is 12.5. The number of nitrogens with zero attached hydrogens (tertiary/aromatic N) is 4. The maximum atomic E-state index is 6.11. The predicted molar refractivity (Wildman–Crippen MR) is 101 cm³/mol. The number of hydrogen-bond donors (Lipinski definition) is 1. The minimum absolute atomic E-state index is 0.0380. The van der Waals surface area contributed by atoms with Crippen LogP contribution in [0.25, 0.3) is 11.1 Å². The van der Waals surface area contributed by atoms with Gasteiger partial charge in [-0.3, -0.25) is 9.98 Å². The van der Waals surface area contributed by atoms with Crippen LogP contribution in [0.1, 0.15) is 28.8 Å². The fourth-order valence-electron chi connectivity index (χ4n) is 2.99. The van der Waals surface area contributed by atoms with Gasteiger partial charge in [0, 0.05) is 35.6 Å². The summed E-state index contributed by atoms with van der Waals surface area (Å²) in [4.78, 5) is 17.1. The molecule has 3 heterocycles. The highest BCUT2D eigenvalue weighted by Gasteiger charge is 2.26. The van der Waals surface area contributed by atoms with E-state index in [0.717, 1.165) is 23.1 Å². The van der Waals surface area contributed by atoms with Crippen molar-refractivity contribution in [2.75, 3.05) is 0 Å². The molecule has 25 heavy (non-hydrogen) atoms. The molecule has 0 aliphatic carbocycles.